The number of nitrogens with zero attached hydrogens (tertiary/aromatic N) is 1. The smallest absolute Gasteiger partial charge is 0.304 e. The lowest BCUT2D eigenvalue weighted by atomic mass is 10.3. The van der Waals surface area contributed by atoms with E-state index in [0.717, 1.165) is 12.3 Å². The normalized spacial score (nSPS) is 11.5. The first-order valence-corrected chi connectivity index (χ1v) is 4.13. The van der Waals surface area contributed by atoms with Gasteiger partial charge in [0, 0.05) is 6.20 Å². The quantitative estimate of drug-likeness (QED) is 0.739. The van der Waals surface area contributed by atoms with Crippen LogP contribution in [0.1, 0.15) is 10.4 Å². The summed E-state index contributed by atoms with van der Waals surface area (Å²) >= 11 is 5.44. The van der Waals surface area contributed by atoms with Crippen LogP contribution in [0.4, 0.5) is 13.2 Å². The van der Waals surface area contributed by atoms with Crippen LogP contribution in [0.2, 0.25) is 5.02 Å². The maximum absolute atomic E-state index is 12.0. The van der Waals surface area contributed by atoms with E-state index in [1.54, 1.807) is 0 Å². The molecule has 0 aliphatic heterocycles. The van der Waals surface area contributed by atoms with Crippen molar-refractivity contribution in [2.75, 3.05) is 0 Å². The van der Waals surface area contributed by atoms with E-state index in [1.165, 1.54) is 0 Å². The molecule has 0 aliphatic rings. The largest absolute Gasteiger partial charge is 0.406 e. The molecule has 0 fully saturated rings. The van der Waals surface area contributed by atoms with E-state index in [1.807, 2.05) is 0 Å². The summed E-state index contributed by atoms with van der Waals surface area (Å²) in [6.45, 7) is -1.47. The lowest BCUT2D eigenvalue weighted by molar-refractivity contribution is -0.141. The van der Waals surface area contributed by atoms with Crippen molar-refractivity contribution in [1.82, 2.24) is 4.57 Å². The van der Waals surface area contributed by atoms with Gasteiger partial charge in [-0.25, -0.2) is 0 Å². The zero-order chi connectivity index (χ0) is 11.6. The Kier molecular flexibility index (Phi) is 3.18. The zero-order valence-corrected chi connectivity index (χ0v) is 7.97. The Balaban J connectivity index is 3.24. The molecule has 0 atom stereocenters. The van der Waals surface area contributed by atoms with Crippen LogP contribution in [-0.4, -0.2) is 17.0 Å². The molecule has 0 saturated carbocycles. The summed E-state index contributed by atoms with van der Waals surface area (Å²) in [5.41, 5.74) is -1.40. The fourth-order valence-corrected chi connectivity index (χ4v) is 1.25. The Labute approximate surface area is 87.1 Å². The van der Waals surface area contributed by atoms with Crippen molar-refractivity contribution >= 4 is 17.9 Å². The van der Waals surface area contributed by atoms with Crippen molar-refractivity contribution in [3.8, 4) is 0 Å². The molecule has 82 valence electrons. The standard InChI is InChI=1S/C8H5ClF3NO2/c9-6-1-5(3-14)7(15)13(2-6)4-8(10,11)12/h1-3H,4H2. The Morgan fingerprint density at radius 2 is 2.07 bits per heavy atom. The molecular formula is C8H5ClF3NO2. The summed E-state index contributed by atoms with van der Waals surface area (Å²) in [7, 11) is 0. The number of hydrogen-bond donors (Lipinski definition) is 0. The van der Waals surface area contributed by atoms with Crippen LogP contribution in [0, 0.1) is 0 Å². The van der Waals surface area contributed by atoms with Crippen LogP contribution < -0.4 is 5.56 Å². The average Bonchev–Trinajstić information content (AvgIpc) is 2.08. The van der Waals surface area contributed by atoms with Crippen LogP contribution in [0.5, 0.6) is 0 Å². The van der Waals surface area contributed by atoms with Crippen LogP contribution in [0.25, 0.3) is 0 Å². The summed E-state index contributed by atoms with van der Waals surface area (Å²) in [5.74, 6) is 0. The molecule has 15 heavy (non-hydrogen) atoms. The highest BCUT2D eigenvalue weighted by Gasteiger charge is 2.28. The highest BCUT2D eigenvalue weighted by molar-refractivity contribution is 6.30. The summed E-state index contributed by atoms with van der Waals surface area (Å²) in [6.07, 6.45) is -3.53. The SMILES string of the molecule is O=Cc1cc(Cl)cn(CC(F)(F)F)c1=O. The highest BCUT2D eigenvalue weighted by Crippen LogP contribution is 2.17. The molecule has 0 saturated heterocycles. The number of aromatic nitrogens is 1. The van der Waals surface area contributed by atoms with Gasteiger partial charge in [0.25, 0.3) is 5.56 Å². The molecule has 3 nitrogen and oxygen atoms in total. The molecule has 1 rings (SSSR count). The number of alkyl halides is 3. The van der Waals surface area contributed by atoms with Gasteiger partial charge in [0.05, 0.1) is 10.6 Å². The number of hydrogen-bond acceptors (Lipinski definition) is 2. The molecule has 0 radical (unpaired) electrons. The van der Waals surface area contributed by atoms with Gasteiger partial charge in [0.15, 0.2) is 6.29 Å². The Hall–Kier alpha value is -1.30. The molecule has 1 aromatic rings. The lowest BCUT2D eigenvalue weighted by Gasteiger charge is -2.09. The van der Waals surface area contributed by atoms with Crippen LogP contribution >= 0.6 is 11.6 Å². The van der Waals surface area contributed by atoms with Gasteiger partial charge in [-0.2, -0.15) is 13.2 Å². The van der Waals surface area contributed by atoms with Crippen molar-refractivity contribution in [2.24, 2.45) is 0 Å². The molecule has 7 heteroatoms. The van der Waals surface area contributed by atoms with Gasteiger partial charge in [-0.05, 0) is 6.07 Å². The molecule has 0 bridgehead atoms. The highest BCUT2D eigenvalue weighted by atomic mass is 35.5. The molecule has 0 amide bonds. The third kappa shape index (κ3) is 3.09. The van der Waals surface area contributed by atoms with Crippen molar-refractivity contribution in [3.05, 3.63) is 33.2 Å². The molecular weight excluding hydrogens is 235 g/mol. The zero-order valence-electron chi connectivity index (χ0n) is 7.21. The van der Waals surface area contributed by atoms with Gasteiger partial charge < -0.3 is 4.57 Å². The topological polar surface area (TPSA) is 39.1 Å². The molecule has 0 unspecified atom stereocenters. The van der Waals surface area contributed by atoms with Gasteiger partial charge in [-0.15, -0.1) is 0 Å². The van der Waals surface area contributed by atoms with Gasteiger partial charge in [-0.3, -0.25) is 9.59 Å². The number of carbonyl (C=O) groups is 1. The third-order valence-corrected chi connectivity index (χ3v) is 1.76. The van der Waals surface area contributed by atoms with E-state index in [0.29, 0.717) is 4.57 Å². The van der Waals surface area contributed by atoms with E-state index in [4.69, 9.17) is 11.6 Å². The minimum atomic E-state index is -4.53. The Bertz CT molecular complexity index is 438. The second kappa shape index (κ2) is 4.06. The van der Waals surface area contributed by atoms with Crippen molar-refractivity contribution in [3.63, 3.8) is 0 Å². The van der Waals surface area contributed by atoms with Crippen LogP contribution in [0.3, 0.4) is 0 Å². The maximum atomic E-state index is 12.0. The lowest BCUT2D eigenvalue weighted by Crippen LogP contribution is -2.29. The average molecular weight is 240 g/mol. The summed E-state index contributed by atoms with van der Waals surface area (Å²) in [4.78, 5) is 21.5. The minimum absolute atomic E-state index is 0.0963. The Morgan fingerprint density at radius 1 is 1.47 bits per heavy atom. The molecule has 0 aliphatic carbocycles. The van der Waals surface area contributed by atoms with E-state index >= 15 is 0 Å². The predicted octanol–water partition coefficient (Wildman–Crippen LogP) is 1.88. The van der Waals surface area contributed by atoms with Gasteiger partial charge >= 0.3 is 6.18 Å². The number of pyridine rings is 1. The predicted molar refractivity (Wildman–Crippen MR) is 47.2 cm³/mol. The molecule has 1 aromatic heterocycles. The van der Waals surface area contributed by atoms with Crippen molar-refractivity contribution in [1.29, 1.82) is 0 Å². The summed E-state index contributed by atoms with van der Waals surface area (Å²) in [6, 6.07) is 1.02. The van der Waals surface area contributed by atoms with E-state index in [-0.39, 0.29) is 11.3 Å². The minimum Gasteiger partial charge on any atom is -0.304 e. The first-order valence-electron chi connectivity index (χ1n) is 3.75. The van der Waals surface area contributed by atoms with Crippen LogP contribution in [0.15, 0.2) is 17.1 Å². The summed E-state index contributed by atoms with van der Waals surface area (Å²) < 4.78 is 36.3. The maximum Gasteiger partial charge on any atom is 0.406 e. The van der Waals surface area contributed by atoms with Crippen molar-refractivity contribution < 1.29 is 18.0 Å². The number of rotatable bonds is 2. The van der Waals surface area contributed by atoms with Gasteiger partial charge in [0.2, 0.25) is 0 Å². The monoisotopic (exact) mass is 239 g/mol. The number of carbonyl (C=O) groups excluding carboxylic acids is 1. The van der Waals surface area contributed by atoms with Crippen molar-refractivity contribution in [2.45, 2.75) is 12.7 Å². The van der Waals surface area contributed by atoms with Gasteiger partial charge in [-0.1, -0.05) is 11.6 Å². The van der Waals surface area contributed by atoms with E-state index < -0.39 is 23.8 Å². The van der Waals surface area contributed by atoms with E-state index in [9.17, 15) is 22.8 Å². The molecule has 0 aromatic carbocycles. The fraction of sp³-hybridized carbons (Fsp3) is 0.250. The first-order chi connectivity index (χ1) is 6.83. The molecule has 0 N–H and O–H groups in total. The fourth-order valence-electron chi connectivity index (χ4n) is 1.02. The molecule has 0 spiro atoms. The third-order valence-electron chi connectivity index (χ3n) is 1.56. The first kappa shape index (κ1) is 11.8. The van der Waals surface area contributed by atoms with Crippen LogP contribution in [-0.2, 0) is 6.54 Å². The summed E-state index contributed by atoms with van der Waals surface area (Å²) in [5, 5.41) is -0.0963. The number of aldehydes is 1. The molecule has 1 heterocycles. The van der Waals surface area contributed by atoms with Gasteiger partial charge in [0.1, 0.15) is 6.54 Å². The second-order valence-electron chi connectivity index (χ2n) is 2.78. The number of halogens is 4. The van der Waals surface area contributed by atoms with E-state index in [2.05, 4.69) is 0 Å². The second-order valence-corrected chi connectivity index (χ2v) is 3.22. The Morgan fingerprint density at radius 3 is 2.53 bits per heavy atom.